The van der Waals surface area contributed by atoms with Crippen LogP contribution in [-0.4, -0.2) is 12.1 Å². The lowest BCUT2D eigenvalue weighted by Gasteiger charge is -2.34. The molecular formula is C17H25ClFN. The SMILES string of the molecule is CC(C)(C)NCC1(Cc2cccc(F)c2Cl)CCCC1. The van der Waals surface area contributed by atoms with Crippen LogP contribution in [0.15, 0.2) is 18.2 Å². The molecule has 1 aromatic rings. The van der Waals surface area contributed by atoms with Gasteiger partial charge >= 0.3 is 0 Å². The maximum atomic E-state index is 13.6. The summed E-state index contributed by atoms with van der Waals surface area (Å²) in [5, 5.41) is 3.92. The Morgan fingerprint density at radius 1 is 1.25 bits per heavy atom. The first-order valence-corrected chi connectivity index (χ1v) is 7.87. The highest BCUT2D eigenvalue weighted by molar-refractivity contribution is 6.31. The molecule has 0 unspecified atom stereocenters. The van der Waals surface area contributed by atoms with Gasteiger partial charge in [0.05, 0.1) is 5.02 Å². The zero-order valence-corrected chi connectivity index (χ0v) is 13.5. The molecule has 0 saturated heterocycles. The Balaban J connectivity index is 2.15. The van der Waals surface area contributed by atoms with Crippen molar-refractivity contribution in [2.24, 2.45) is 5.41 Å². The summed E-state index contributed by atoms with van der Waals surface area (Å²) in [5.41, 5.74) is 1.29. The van der Waals surface area contributed by atoms with Crippen molar-refractivity contribution in [1.29, 1.82) is 0 Å². The van der Waals surface area contributed by atoms with Crippen LogP contribution in [0.3, 0.4) is 0 Å². The monoisotopic (exact) mass is 297 g/mol. The number of hydrogen-bond acceptors (Lipinski definition) is 1. The van der Waals surface area contributed by atoms with E-state index in [-0.39, 0.29) is 16.8 Å². The average Bonchev–Trinajstić information content (AvgIpc) is 2.81. The van der Waals surface area contributed by atoms with Crippen molar-refractivity contribution < 1.29 is 4.39 Å². The smallest absolute Gasteiger partial charge is 0.142 e. The Hall–Kier alpha value is -0.600. The first-order valence-electron chi connectivity index (χ1n) is 7.49. The summed E-state index contributed by atoms with van der Waals surface area (Å²) in [5.74, 6) is -0.305. The first kappa shape index (κ1) is 15.8. The normalized spacial score (nSPS) is 18.4. The lowest BCUT2D eigenvalue weighted by Crippen LogP contribution is -2.44. The molecule has 1 nitrogen and oxygen atoms in total. The Labute approximate surface area is 126 Å². The molecule has 0 amide bonds. The van der Waals surface area contributed by atoms with E-state index in [9.17, 15) is 4.39 Å². The van der Waals surface area contributed by atoms with E-state index in [4.69, 9.17) is 11.6 Å². The quantitative estimate of drug-likeness (QED) is 0.827. The Morgan fingerprint density at radius 3 is 2.50 bits per heavy atom. The van der Waals surface area contributed by atoms with E-state index in [0.29, 0.717) is 5.02 Å². The molecule has 1 fully saturated rings. The van der Waals surface area contributed by atoms with E-state index in [1.165, 1.54) is 31.7 Å². The summed E-state index contributed by atoms with van der Waals surface area (Å²) in [6.07, 6.45) is 5.79. The predicted molar refractivity (Wildman–Crippen MR) is 83.8 cm³/mol. The summed E-state index contributed by atoms with van der Waals surface area (Å²) < 4.78 is 13.6. The third-order valence-corrected chi connectivity index (χ3v) is 4.68. The van der Waals surface area contributed by atoms with Crippen molar-refractivity contribution in [3.8, 4) is 0 Å². The Kier molecular flexibility index (Phi) is 4.76. The fraction of sp³-hybridized carbons (Fsp3) is 0.647. The summed E-state index contributed by atoms with van der Waals surface area (Å²) in [6.45, 7) is 7.53. The Morgan fingerprint density at radius 2 is 1.90 bits per heavy atom. The number of halogens is 2. The third-order valence-electron chi connectivity index (χ3n) is 4.25. The molecule has 0 atom stereocenters. The van der Waals surface area contributed by atoms with Crippen LogP contribution in [0.25, 0.3) is 0 Å². The molecular weight excluding hydrogens is 273 g/mol. The molecule has 1 aliphatic rings. The molecule has 3 heteroatoms. The van der Waals surface area contributed by atoms with E-state index in [0.717, 1.165) is 18.5 Å². The minimum absolute atomic E-state index is 0.112. The van der Waals surface area contributed by atoms with Crippen LogP contribution in [0, 0.1) is 11.2 Å². The summed E-state index contributed by atoms with van der Waals surface area (Å²) in [6, 6.07) is 5.15. The van der Waals surface area contributed by atoms with Gasteiger partial charge in [-0.05, 0) is 57.1 Å². The average molecular weight is 298 g/mol. The minimum atomic E-state index is -0.305. The molecule has 0 aromatic heterocycles. The molecule has 1 aromatic carbocycles. The van der Waals surface area contributed by atoms with Gasteiger partial charge in [0, 0.05) is 12.1 Å². The molecule has 2 rings (SSSR count). The zero-order valence-electron chi connectivity index (χ0n) is 12.7. The van der Waals surface area contributed by atoms with E-state index in [2.05, 4.69) is 26.1 Å². The maximum Gasteiger partial charge on any atom is 0.142 e. The largest absolute Gasteiger partial charge is 0.312 e. The fourth-order valence-electron chi connectivity index (χ4n) is 3.08. The number of nitrogens with one attached hydrogen (secondary N) is 1. The molecule has 0 heterocycles. The van der Waals surface area contributed by atoms with E-state index >= 15 is 0 Å². The van der Waals surface area contributed by atoms with Gasteiger partial charge in [-0.15, -0.1) is 0 Å². The maximum absolute atomic E-state index is 13.6. The van der Waals surface area contributed by atoms with Gasteiger partial charge in [-0.25, -0.2) is 4.39 Å². The van der Waals surface area contributed by atoms with Crippen LogP contribution in [0.5, 0.6) is 0 Å². The van der Waals surface area contributed by atoms with Crippen LogP contribution >= 0.6 is 11.6 Å². The molecule has 0 bridgehead atoms. The highest BCUT2D eigenvalue weighted by atomic mass is 35.5. The summed E-state index contributed by atoms with van der Waals surface area (Å²) in [4.78, 5) is 0. The van der Waals surface area contributed by atoms with Crippen molar-refractivity contribution in [3.05, 3.63) is 34.6 Å². The van der Waals surface area contributed by atoms with Crippen LogP contribution in [0.4, 0.5) is 4.39 Å². The highest BCUT2D eigenvalue weighted by Crippen LogP contribution is 2.42. The summed E-state index contributed by atoms with van der Waals surface area (Å²) in [7, 11) is 0. The second kappa shape index (κ2) is 6.03. The number of rotatable bonds is 4. The topological polar surface area (TPSA) is 12.0 Å². The van der Waals surface area contributed by atoms with Crippen LogP contribution < -0.4 is 5.32 Å². The van der Waals surface area contributed by atoms with Crippen LogP contribution in [0.2, 0.25) is 5.02 Å². The lowest BCUT2D eigenvalue weighted by molar-refractivity contribution is 0.244. The molecule has 0 aliphatic heterocycles. The van der Waals surface area contributed by atoms with Crippen molar-refractivity contribution in [3.63, 3.8) is 0 Å². The predicted octanol–water partition coefficient (Wildman–Crippen LogP) is 4.97. The van der Waals surface area contributed by atoms with Gasteiger partial charge in [-0.3, -0.25) is 0 Å². The summed E-state index contributed by atoms with van der Waals surface area (Å²) >= 11 is 6.13. The lowest BCUT2D eigenvalue weighted by atomic mass is 9.79. The van der Waals surface area contributed by atoms with Crippen molar-refractivity contribution in [2.45, 2.75) is 58.4 Å². The van der Waals surface area contributed by atoms with Crippen molar-refractivity contribution >= 4 is 11.6 Å². The van der Waals surface area contributed by atoms with Crippen LogP contribution in [0.1, 0.15) is 52.0 Å². The number of hydrogen-bond donors (Lipinski definition) is 1. The first-order chi connectivity index (χ1) is 9.31. The van der Waals surface area contributed by atoms with Gasteiger partial charge in [0.25, 0.3) is 0 Å². The molecule has 112 valence electrons. The molecule has 0 spiro atoms. The Bertz CT molecular complexity index is 459. The van der Waals surface area contributed by atoms with Gasteiger partial charge < -0.3 is 5.32 Å². The highest BCUT2D eigenvalue weighted by Gasteiger charge is 2.35. The van der Waals surface area contributed by atoms with Gasteiger partial charge in [0.1, 0.15) is 5.82 Å². The molecule has 0 radical (unpaired) electrons. The molecule has 1 aliphatic carbocycles. The molecule has 1 saturated carbocycles. The van der Waals surface area contributed by atoms with E-state index < -0.39 is 0 Å². The minimum Gasteiger partial charge on any atom is -0.312 e. The molecule has 1 N–H and O–H groups in total. The second-order valence-electron chi connectivity index (χ2n) is 7.20. The second-order valence-corrected chi connectivity index (χ2v) is 7.58. The molecule has 20 heavy (non-hydrogen) atoms. The van der Waals surface area contributed by atoms with E-state index in [1.807, 2.05) is 6.07 Å². The zero-order chi connectivity index (χ0) is 14.8. The van der Waals surface area contributed by atoms with Gasteiger partial charge in [-0.2, -0.15) is 0 Å². The van der Waals surface area contributed by atoms with Crippen molar-refractivity contribution in [1.82, 2.24) is 5.32 Å². The standard InChI is InChI=1S/C17H25ClFN/c1-16(2,3)20-12-17(9-4-5-10-17)11-13-7-6-8-14(19)15(13)18/h6-8,20H,4-5,9-12H2,1-3H3. The number of benzene rings is 1. The van der Waals surface area contributed by atoms with Crippen molar-refractivity contribution in [2.75, 3.05) is 6.54 Å². The third kappa shape index (κ3) is 3.95. The van der Waals surface area contributed by atoms with Gasteiger partial charge in [0.15, 0.2) is 0 Å². The van der Waals surface area contributed by atoms with Gasteiger partial charge in [-0.1, -0.05) is 36.6 Å². The van der Waals surface area contributed by atoms with Gasteiger partial charge in [0.2, 0.25) is 0 Å². The fourth-order valence-corrected chi connectivity index (χ4v) is 3.28. The van der Waals surface area contributed by atoms with Crippen LogP contribution in [-0.2, 0) is 6.42 Å². The van der Waals surface area contributed by atoms with E-state index in [1.54, 1.807) is 6.07 Å².